The molecule has 1 aromatic heterocycles. The Morgan fingerprint density at radius 1 is 1.45 bits per heavy atom. The van der Waals surface area contributed by atoms with Crippen LogP contribution < -0.4 is 11.5 Å². The molecule has 0 bridgehead atoms. The van der Waals surface area contributed by atoms with Crippen molar-refractivity contribution in [2.75, 3.05) is 11.5 Å². The Hall–Kier alpha value is -1.92. The molecule has 1 rings (SSSR count). The molecule has 0 aliphatic carbocycles. The molecule has 0 aromatic carbocycles. The number of nitrogens with zero attached hydrogens (tertiary/aromatic N) is 3. The molecule has 0 aliphatic heterocycles. The van der Waals surface area contributed by atoms with Crippen molar-refractivity contribution in [3.63, 3.8) is 0 Å². The van der Waals surface area contributed by atoms with Gasteiger partial charge < -0.3 is 21.6 Å². The lowest BCUT2D eigenvalue weighted by Gasteiger charge is -1.93. The van der Waals surface area contributed by atoms with E-state index < -0.39 is 10.7 Å². The molecule has 7 nitrogen and oxygen atoms in total. The van der Waals surface area contributed by atoms with Crippen LogP contribution >= 0.6 is 0 Å². The molecule has 0 saturated heterocycles. The van der Waals surface area contributed by atoms with E-state index in [1.165, 1.54) is 0 Å². The highest BCUT2D eigenvalue weighted by atomic mass is 16.6. The van der Waals surface area contributed by atoms with E-state index in [9.17, 15) is 10.1 Å². The lowest BCUT2D eigenvalue weighted by Crippen LogP contribution is -2.03. The predicted octanol–water partition coefficient (Wildman–Crippen LogP) is -0.451. The van der Waals surface area contributed by atoms with E-state index in [0.717, 1.165) is 6.20 Å². The topological polar surface area (TPSA) is 121 Å². The number of nitrogen functional groups attached to an aromatic ring is 2. The summed E-state index contributed by atoms with van der Waals surface area (Å²) >= 11 is 0. The molecule has 7 heteroatoms. The second-order valence-corrected chi connectivity index (χ2v) is 1.76. The summed E-state index contributed by atoms with van der Waals surface area (Å²) in [6, 6.07) is 0. The molecule has 0 atom stereocenters. The molecule has 1 heterocycles. The zero-order valence-corrected chi connectivity index (χ0v) is 5.39. The van der Waals surface area contributed by atoms with Crippen LogP contribution in [0.4, 0.5) is 17.5 Å². The summed E-state index contributed by atoms with van der Waals surface area (Å²) in [5.41, 5.74) is 10.3. The van der Waals surface area contributed by atoms with Crippen LogP contribution in [-0.2, 0) is 0 Å². The molecule has 1 aromatic rings. The smallest absolute Gasteiger partial charge is 0.379 e. The molecule has 0 spiro atoms. The Morgan fingerprint density at radius 2 is 2.09 bits per heavy atom. The third-order valence-corrected chi connectivity index (χ3v) is 1.00. The number of anilines is 2. The van der Waals surface area contributed by atoms with Crippen LogP contribution in [0.15, 0.2) is 6.20 Å². The van der Waals surface area contributed by atoms with Crippen molar-refractivity contribution in [1.29, 1.82) is 0 Å². The summed E-state index contributed by atoms with van der Waals surface area (Å²) in [7, 11) is 0. The van der Waals surface area contributed by atoms with Crippen LogP contribution in [-0.4, -0.2) is 14.9 Å². The molecular weight excluding hydrogens is 150 g/mol. The van der Waals surface area contributed by atoms with Crippen LogP contribution in [0, 0.1) is 10.1 Å². The van der Waals surface area contributed by atoms with E-state index in [2.05, 4.69) is 9.97 Å². The second kappa shape index (κ2) is 2.37. The minimum atomic E-state index is -0.692. The molecule has 0 unspecified atom stereocenters. The summed E-state index contributed by atoms with van der Waals surface area (Å²) in [5, 5.41) is 10.1. The van der Waals surface area contributed by atoms with Crippen LogP contribution in [0.3, 0.4) is 0 Å². The Morgan fingerprint density at radius 3 is 2.55 bits per heavy atom. The Kier molecular flexibility index (Phi) is 1.55. The van der Waals surface area contributed by atoms with Gasteiger partial charge in [0, 0.05) is 0 Å². The van der Waals surface area contributed by atoms with Gasteiger partial charge in [-0.15, -0.1) is 0 Å². The average molecular weight is 155 g/mol. The van der Waals surface area contributed by atoms with Crippen molar-refractivity contribution in [3.8, 4) is 0 Å². The lowest BCUT2D eigenvalue weighted by molar-refractivity contribution is -0.389. The third-order valence-electron chi connectivity index (χ3n) is 1.00. The van der Waals surface area contributed by atoms with Crippen LogP contribution in [0.5, 0.6) is 0 Å². The first kappa shape index (κ1) is 7.19. The van der Waals surface area contributed by atoms with Crippen LogP contribution in [0.1, 0.15) is 0 Å². The van der Waals surface area contributed by atoms with Crippen molar-refractivity contribution in [2.24, 2.45) is 0 Å². The van der Waals surface area contributed by atoms with Crippen molar-refractivity contribution >= 4 is 17.5 Å². The van der Waals surface area contributed by atoms with E-state index in [-0.39, 0.29) is 11.6 Å². The highest BCUT2D eigenvalue weighted by Gasteiger charge is 2.10. The quantitative estimate of drug-likeness (QED) is 0.418. The number of hydrogen-bond acceptors (Lipinski definition) is 6. The number of aromatic nitrogens is 2. The molecule has 0 amide bonds. The second-order valence-electron chi connectivity index (χ2n) is 1.76. The zero-order valence-electron chi connectivity index (χ0n) is 5.39. The largest absolute Gasteiger partial charge is 0.384 e. The summed E-state index contributed by atoms with van der Waals surface area (Å²) in [6.45, 7) is 0. The molecule has 0 fully saturated rings. The van der Waals surface area contributed by atoms with Gasteiger partial charge in [0.2, 0.25) is 0 Å². The summed E-state index contributed by atoms with van der Waals surface area (Å²) < 4.78 is 0. The molecular formula is C4H5N5O2. The van der Waals surface area contributed by atoms with Crippen molar-refractivity contribution < 1.29 is 4.92 Å². The first-order valence-corrected chi connectivity index (χ1v) is 2.63. The van der Waals surface area contributed by atoms with Gasteiger partial charge in [0.1, 0.15) is 6.20 Å². The van der Waals surface area contributed by atoms with Gasteiger partial charge in [0.05, 0.1) is 0 Å². The predicted molar refractivity (Wildman–Crippen MR) is 37.5 cm³/mol. The molecule has 0 aliphatic rings. The van der Waals surface area contributed by atoms with Gasteiger partial charge in [0.25, 0.3) is 5.82 Å². The normalized spacial score (nSPS) is 9.45. The molecule has 11 heavy (non-hydrogen) atoms. The number of rotatable bonds is 1. The number of hydrogen-bond donors (Lipinski definition) is 2. The Balaban J connectivity index is 3.15. The summed E-state index contributed by atoms with van der Waals surface area (Å²) in [5.74, 6) is -0.536. The van der Waals surface area contributed by atoms with E-state index in [1.54, 1.807) is 0 Å². The summed E-state index contributed by atoms with van der Waals surface area (Å²) in [6.07, 6.45) is 0.950. The fourth-order valence-corrected chi connectivity index (χ4v) is 0.491. The lowest BCUT2D eigenvalue weighted by atomic mass is 10.6. The fourth-order valence-electron chi connectivity index (χ4n) is 0.491. The fraction of sp³-hybridized carbons (Fsp3) is 0. The highest BCUT2D eigenvalue weighted by molar-refractivity contribution is 5.53. The maximum absolute atomic E-state index is 10.1. The van der Waals surface area contributed by atoms with Gasteiger partial charge in [-0.25, -0.2) is 4.98 Å². The van der Waals surface area contributed by atoms with Gasteiger partial charge >= 0.3 is 5.82 Å². The van der Waals surface area contributed by atoms with E-state index in [1.807, 2.05) is 0 Å². The SMILES string of the molecule is Nc1ncc([N+](=O)[O-])nc1N. The maximum atomic E-state index is 10.1. The molecule has 4 N–H and O–H groups in total. The van der Waals surface area contributed by atoms with Gasteiger partial charge in [0.15, 0.2) is 5.82 Å². The van der Waals surface area contributed by atoms with Crippen molar-refractivity contribution in [3.05, 3.63) is 16.3 Å². The molecule has 0 radical (unpaired) electrons. The first-order chi connectivity index (χ1) is 5.11. The number of nitrogens with two attached hydrogens (primary N) is 2. The van der Waals surface area contributed by atoms with Gasteiger partial charge in [-0.2, -0.15) is 0 Å². The van der Waals surface area contributed by atoms with Gasteiger partial charge in [-0.05, 0) is 9.91 Å². The number of nitro groups is 1. The average Bonchev–Trinajstić information content (AvgIpc) is 1.94. The van der Waals surface area contributed by atoms with Gasteiger partial charge in [-0.3, -0.25) is 0 Å². The van der Waals surface area contributed by atoms with Crippen LogP contribution in [0.2, 0.25) is 0 Å². The Bertz CT molecular complexity index is 299. The highest BCUT2D eigenvalue weighted by Crippen LogP contribution is 2.11. The van der Waals surface area contributed by atoms with Crippen LogP contribution in [0.25, 0.3) is 0 Å². The zero-order chi connectivity index (χ0) is 8.43. The van der Waals surface area contributed by atoms with E-state index >= 15 is 0 Å². The van der Waals surface area contributed by atoms with E-state index in [4.69, 9.17) is 11.5 Å². The van der Waals surface area contributed by atoms with Gasteiger partial charge in [-0.1, -0.05) is 0 Å². The standard InChI is InChI=1S/C4H5N5O2/c5-3-4(6)8-2(1-7-3)9(10)11/h1H,(H2,5,7)(H2,6,8). The molecule has 0 saturated carbocycles. The van der Waals surface area contributed by atoms with E-state index in [0.29, 0.717) is 0 Å². The van der Waals surface area contributed by atoms with Crippen molar-refractivity contribution in [2.45, 2.75) is 0 Å². The first-order valence-electron chi connectivity index (χ1n) is 2.63. The monoisotopic (exact) mass is 155 g/mol. The molecule has 58 valence electrons. The third kappa shape index (κ3) is 1.31. The summed E-state index contributed by atoms with van der Waals surface area (Å²) in [4.78, 5) is 16.2. The maximum Gasteiger partial charge on any atom is 0.384 e. The van der Waals surface area contributed by atoms with Crippen molar-refractivity contribution in [1.82, 2.24) is 9.97 Å². The Labute approximate surface area is 61.2 Å². The minimum absolute atomic E-state index is 0.00407. The minimum Gasteiger partial charge on any atom is -0.379 e.